The molecule has 0 bridgehead atoms. The highest BCUT2D eigenvalue weighted by Gasteiger charge is 2.21. The Morgan fingerprint density at radius 2 is 2.11 bits per heavy atom. The zero-order chi connectivity index (χ0) is 13.7. The van der Waals surface area contributed by atoms with Gasteiger partial charge in [-0.05, 0) is 17.7 Å². The maximum Gasteiger partial charge on any atom is 0.281 e. The fraction of sp³-hybridized carbons (Fsp3) is 0.385. The number of hydrogen-bond acceptors (Lipinski definition) is 3. The second-order valence-electron chi connectivity index (χ2n) is 4.25. The Morgan fingerprint density at radius 3 is 2.74 bits per heavy atom. The van der Waals surface area contributed by atoms with Gasteiger partial charge in [0.25, 0.3) is 5.24 Å². The first-order valence-electron chi connectivity index (χ1n) is 6.08. The Bertz CT molecular complexity index is 464. The van der Waals surface area contributed by atoms with Crippen LogP contribution < -0.4 is 5.32 Å². The summed E-state index contributed by atoms with van der Waals surface area (Å²) in [5, 5.41) is 3.59. The molecule has 1 heterocycles. The van der Waals surface area contributed by atoms with Crippen LogP contribution in [0.3, 0.4) is 0 Å². The van der Waals surface area contributed by atoms with E-state index in [1.807, 2.05) is 12.1 Å². The smallest absolute Gasteiger partial charge is 0.281 e. The van der Waals surface area contributed by atoms with E-state index in [-0.39, 0.29) is 11.1 Å². The van der Waals surface area contributed by atoms with Crippen molar-refractivity contribution in [2.24, 2.45) is 0 Å². The molecule has 1 aromatic carbocycles. The molecule has 0 unspecified atom stereocenters. The van der Waals surface area contributed by atoms with Crippen LogP contribution in [0.25, 0.3) is 0 Å². The first-order valence-corrected chi connectivity index (χ1v) is 7.44. The van der Waals surface area contributed by atoms with E-state index >= 15 is 0 Å². The monoisotopic (exact) mass is 298 g/mol. The third kappa shape index (κ3) is 4.44. The third-order valence-electron chi connectivity index (χ3n) is 2.86. The Morgan fingerprint density at radius 1 is 1.37 bits per heavy atom. The molecule has 0 atom stereocenters. The molecule has 1 aromatic rings. The number of amides is 2. The van der Waals surface area contributed by atoms with Crippen LogP contribution in [0.1, 0.15) is 12.0 Å². The standard InChI is InChI=1S/C13H15ClN2O2S/c14-11-3-1-10(2-4-11)9-15-12(17)5-6-16-7-8-19-13(16)18/h1-4H,5-9H2,(H,15,17). The molecule has 0 saturated carbocycles. The van der Waals surface area contributed by atoms with Crippen molar-refractivity contribution in [1.29, 1.82) is 0 Å². The maximum atomic E-state index is 11.7. The van der Waals surface area contributed by atoms with E-state index in [1.54, 1.807) is 17.0 Å². The molecular formula is C13H15ClN2O2S. The van der Waals surface area contributed by atoms with Gasteiger partial charge < -0.3 is 10.2 Å². The van der Waals surface area contributed by atoms with Gasteiger partial charge >= 0.3 is 0 Å². The molecule has 0 aliphatic carbocycles. The molecule has 1 saturated heterocycles. The van der Waals surface area contributed by atoms with Crippen molar-refractivity contribution in [3.63, 3.8) is 0 Å². The molecule has 102 valence electrons. The van der Waals surface area contributed by atoms with Gasteiger partial charge in [-0.2, -0.15) is 0 Å². The number of benzene rings is 1. The Labute approximate surface area is 121 Å². The fourth-order valence-corrected chi connectivity index (χ4v) is 2.73. The quantitative estimate of drug-likeness (QED) is 0.909. The van der Waals surface area contributed by atoms with Crippen LogP contribution in [0.2, 0.25) is 5.02 Å². The van der Waals surface area contributed by atoms with Gasteiger partial charge in [0.1, 0.15) is 0 Å². The van der Waals surface area contributed by atoms with Crippen LogP contribution >= 0.6 is 23.4 Å². The van der Waals surface area contributed by atoms with Crippen LogP contribution in [0.4, 0.5) is 4.79 Å². The van der Waals surface area contributed by atoms with Crippen LogP contribution in [-0.2, 0) is 11.3 Å². The molecule has 2 rings (SSSR count). The molecule has 4 nitrogen and oxygen atoms in total. The van der Waals surface area contributed by atoms with E-state index in [0.29, 0.717) is 24.5 Å². The first-order chi connectivity index (χ1) is 9.15. The molecule has 2 amide bonds. The summed E-state index contributed by atoms with van der Waals surface area (Å²) in [7, 11) is 0. The summed E-state index contributed by atoms with van der Waals surface area (Å²) in [5.74, 6) is 0.783. The van der Waals surface area contributed by atoms with Gasteiger partial charge in [-0.25, -0.2) is 0 Å². The Kier molecular flexibility index (Phi) is 5.10. The zero-order valence-electron chi connectivity index (χ0n) is 10.4. The predicted molar refractivity (Wildman–Crippen MR) is 77.3 cm³/mol. The number of hydrogen-bond donors (Lipinski definition) is 1. The number of nitrogens with zero attached hydrogens (tertiary/aromatic N) is 1. The lowest BCUT2D eigenvalue weighted by Crippen LogP contribution is -2.30. The first kappa shape index (κ1) is 14.2. The number of thioether (sulfide) groups is 1. The van der Waals surface area contributed by atoms with Crippen LogP contribution in [0.15, 0.2) is 24.3 Å². The summed E-state index contributed by atoms with van der Waals surface area (Å²) in [5.41, 5.74) is 1.01. The molecule has 1 aliphatic heterocycles. The molecule has 0 aromatic heterocycles. The summed E-state index contributed by atoms with van der Waals surface area (Å²) < 4.78 is 0. The highest BCUT2D eigenvalue weighted by Crippen LogP contribution is 2.17. The average molecular weight is 299 g/mol. The van der Waals surface area contributed by atoms with Crippen molar-refractivity contribution in [3.8, 4) is 0 Å². The topological polar surface area (TPSA) is 49.4 Å². The average Bonchev–Trinajstić information content (AvgIpc) is 2.81. The van der Waals surface area contributed by atoms with E-state index in [9.17, 15) is 9.59 Å². The van der Waals surface area contributed by atoms with E-state index < -0.39 is 0 Å². The van der Waals surface area contributed by atoms with Gasteiger partial charge in [-0.3, -0.25) is 9.59 Å². The minimum absolute atomic E-state index is 0.0420. The van der Waals surface area contributed by atoms with E-state index in [2.05, 4.69) is 5.32 Å². The lowest BCUT2D eigenvalue weighted by atomic mass is 10.2. The van der Waals surface area contributed by atoms with Crippen molar-refractivity contribution >= 4 is 34.5 Å². The summed E-state index contributed by atoms with van der Waals surface area (Å²) in [6.45, 7) is 1.73. The molecule has 0 spiro atoms. The van der Waals surface area contributed by atoms with Crippen LogP contribution in [0.5, 0.6) is 0 Å². The summed E-state index contributed by atoms with van der Waals surface area (Å²) in [4.78, 5) is 24.7. The number of rotatable bonds is 5. The molecule has 1 fully saturated rings. The minimum Gasteiger partial charge on any atom is -0.352 e. The number of nitrogens with one attached hydrogen (secondary N) is 1. The van der Waals surface area contributed by atoms with Gasteiger partial charge in [-0.1, -0.05) is 35.5 Å². The van der Waals surface area contributed by atoms with Crippen molar-refractivity contribution in [2.45, 2.75) is 13.0 Å². The summed E-state index contributed by atoms with van der Waals surface area (Å²) in [6, 6.07) is 7.35. The van der Waals surface area contributed by atoms with Crippen LogP contribution in [0, 0.1) is 0 Å². The number of carbonyl (C=O) groups is 2. The van der Waals surface area contributed by atoms with E-state index in [4.69, 9.17) is 11.6 Å². The minimum atomic E-state index is -0.0420. The van der Waals surface area contributed by atoms with Gasteiger partial charge in [0, 0.05) is 36.8 Å². The van der Waals surface area contributed by atoms with E-state index in [0.717, 1.165) is 17.9 Å². The number of halogens is 1. The lowest BCUT2D eigenvalue weighted by molar-refractivity contribution is -0.121. The molecular weight excluding hydrogens is 284 g/mol. The van der Waals surface area contributed by atoms with Crippen LogP contribution in [-0.4, -0.2) is 34.9 Å². The van der Waals surface area contributed by atoms with Crippen molar-refractivity contribution in [3.05, 3.63) is 34.9 Å². The zero-order valence-corrected chi connectivity index (χ0v) is 12.0. The second-order valence-corrected chi connectivity index (χ2v) is 5.74. The maximum absolute atomic E-state index is 11.7. The van der Waals surface area contributed by atoms with Crippen molar-refractivity contribution < 1.29 is 9.59 Å². The Balaban J connectivity index is 1.69. The van der Waals surface area contributed by atoms with Crippen molar-refractivity contribution in [1.82, 2.24) is 10.2 Å². The second kappa shape index (κ2) is 6.82. The highest BCUT2D eigenvalue weighted by molar-refractivity contribution is 8.13. The van der Waals surface area contributed by atoms with Gasteiger partial charge in [0.15, 0.2) is 0 Å². The van der Waals surface area contributed by atoms with Gasteiger partial charge in [0.2, 0.25) is 5.91 Å². The Hall–Kier alpha value is -1.20. The summed E-state index contributed by atoms with van der Waals surface area (Å²) >= 11 is 7.10. The molecule has 6 heteroatoms. The van der Waals surface area contributed by atoms with Gasteiger partial charge in [0.05, 0.1) is 0 Å². The largest absolute Gasteiger partial charge is 0.352 e. The summed E-state index contributed by atoms with van der Waals surface area (Å²) in [6.07, 6.45) is 0.347. The van der Waals surface area contributed by atoms with Gasteiger partial charge in [-0.15, -0.1) is 0 Å². The normalized spacial score (nSPS) is 14.8. The van der Waals surface area contributed by atoms with Crippen molar-refractivity contribution in [2.75, 3.05) is 18.8 Å². The van der Waals surface area contributed by atoms with E-state index in [1.165, 1.54) is 11.8 Å². The predicted octanol–water partition coefficient (Wildman–Crippen LogP) is 2.52. The number of carbonyl (C=O) groups excluding carboxylic acids is 2. The highest BCUT2D eigenvalue weighted by atomic mass is 35.5. The third-order valence-corrected chi connectivity index (χ3v) is 4.00. The molecule has 19 heavy (non-hydrogen) atoms. The SMILES string of the molecule is O=C(CCN1CCSC1=O)NCc1ccc(Cl)cc1. The molecule has 1 N–H and O–H groups in total. The lowest BCUT2D eigenvalue weighted by Gasteiger charge is -2.13. The fourth-order valence-electron chi connectivity index (χ4n) is 1.76. The molecule has 1 aliphatic rings. The molecule has 0 radical (unpaired) electrons.